The summed E-state index contributed by atoms with van der Waals surface area (Å²) in [6.07, 6.45) is 0. The summed E-state index contributed by atoms with van der Waals surface area (Å²) in [7, 11) is 0. The molecule has 3 amide bonds. The molecule has 0 bridgehead atoms. The van der Waals surface area contributed by atoms with Gasteiger partial charge < -0.3 is 16.0 Å². The zero-order chi connectivity index (χ0) is 16.0. The summed E-state index contributed by atoms with van der Waals surface area (Å²) in [5.41, 5.74) is -0.211. The number of nitrogens with zero attached hydrogens (tertiary/aromatic N) is 1. The Morgan fingerprint density at radius 1 is 1.33 bits per heavy atom. The zero-order valence-electron chi connectivity index (χ0n) is 12.1. The van der Waals surface area contributed by atoms with Crippen molar-refractivity contribution < 1.29 is 14.0 Å². The van der Waals surface area contributed by atoms with Crippen molar-refractivity contribution in [3.63, 3.8) is 0 Å². The van der Waals surface area contributed by atoms with E-state index in [-0.39, 0.29) is 29.2 Å². The van der Waals surface area contributed by atoms with Crippen molar-refractivity contribution in [2.45, 2.75) is 26.3 Å². The monoisotopic (exact) mass is 292 g/mol. The average Bonchev–Trinajstić information content (AvgIpc) is 2.36. The number of anilines is 1. The number of carbonyl (C=O) groups excluding carboxylic acids is 2. The molecule has 0 aliphatic rings. The van der Waals surface area contributed by atoms with Gasteiger partial charge in [0.2, 0.25) is 5.91 Å². The molecule has 0 fully saturated rings. The Labute approximate surface area is 122 Å². The fraction of sp³-hybridized carbons (Fsp3) is 0.357. The van der Waals surface area contributed by atoms with E-state index in [4.69, 9.17) is 5.26 Å². The van der Waals surface area contributed by atoms with Crippen molar-refractivity contribution in [1.29, 1.82) is 5.26 Å². The normalized spacial score (nSPS) is 10.4. The minimum Gasteiger partial charge on any atom is -0.350 e. The summed E-state index contributed by atoms with van der Waals surface area (Å²) < 4.78 is 13.0. The molecule has 112 valence electrons. The molecule has 0 aliphatic heterocycles. The van der Waals surface area contributed by atoms with Crippen LogP contribution < -0.4 is 16.0 Å². The minimum atomic E-state index is -0.651. The highest BCUT2D eigenvalue weighted by Crippen LogP contribution is 2.15. The summed E-state index contributed by atoms with van der Waals surface area (Å²) in [4.78, 5) is 23.2. The second-order valence-corrected chi connectivity index (χ2v) is 5.41. The van der Waals surface area contributed by atoms with Gasteiger partial charge in [-0.2, -0.15) is 5.26 Å². The lowest BCUT2D eigenvalue weighted by Gasteiger charge is -2.20. The predicted molar refractivity (Wildman–Crippen MR) is 76.0 cm³/mol. The van der Waals surface area contributed by atoms with E-state index >= 15 is 0 Å². The van der Waals surface area contributed by atoms with Crippen LogP contribution in [0.5, 0.6) is 0 Å². The van der Waals surface area contributed by atoms with E-state index in [1.165, 1.54) is 6.07 Å². The molecule has 3 N–H and O–H groups in total. The lowest BCUT2D eigenvalue weighted by Crippen LogP contribution is -2.46. The molecule has 0 heterocycles. The Morgan fingerprint density at radius 2 is 2.00 bits per heavy atom. The lowest BCUT2D eigenvalue weighted by atomic mass is 10.1. The number of amides is 3. The molecule has 0 aromatic heterocycles. The Morgan fingerprint density at radius 3 is 2.57 bits per heavy atom. The average molecular weight is 292 g/mol. The van der Waals surface area contributed by atoms with E-state index in [2.05, 4.69) is 16.0 Å². The Kier molecular flexibility index (Phi) is 5.24. The topological polar surface area (TPSA) is 94.0 Å². The van der Waals surface area contributed by atoms with Crippen LogP contribution in [0, 0.1) is 17.1 Å². The van der Waals surface area contributed by atoms with Gasteiger partial charge in [-0.15, -0.1) is 0 Å². The fourth-order valence-corrected chi connectivity index (χ4v) is 1.51. The van der Waals surface area contributed by atoms with Gasteiger partial charge in [0.15, 0.2) is 0 Å². The first-order valence-electron chi connectivity index (χ1n) is 6.27. The number of urea groups is 1. The highest BCUT2D eigenvalue weighted by Gasteiger charge is 2.14. The van der Waals surface area contributed by atoms with Crippen molar-refractivity contribution in [2.75, 3.05) is 11.9 Å². The first kappa shape index (κ1) is 16.4. The molecule has 21 heavy (non-hydrogen) atoms. The molecule has 0 aliphatic carbocycles. The van der Waals surface area contributed by atoms with Gasteiger partial charge in [-0.25, -0.2) is 9.18 Å². The number of benzene rings is 1. The van der Waals surface area contributed by atoms with Crippen LogP contribution in [0.1, 0.15) is 26.3 Å². The van der Waals surface area contributed by atoms with Crippen LogP contribution in [0.4, 0.5) is 14.9 Å². The number of hydrogen-bond donors (Lipinski definition) is 3. The molecule has 0 saturated heterocycles. The molecule has 0 saturated carbocycles. The smallest absolute Gasteiger partial charge is 0.319 e. The van der Waals surface area contributed by atoms with Gasteiger partial charge in [-0.3, -0.25) is 4.79 Å². The van der Waals surface area contributed by atoms with Crippen molar-refractivity contribution in [2.24, 2.45) is 0 Å². The summed E-state index contributed by atoms with van der Waals surface area (Å²) >= 11 is 0. The third-order valence-electron chi connectivity index (χ3n) is 2.27. The van der Waals surface area contributed by atoms with Crippen LogP contribution in [-0.4, -0.2) is 24.0 Å². The minimum absolute atomic E-state index is 0.00398. The second-order valence-electron chi connectivity index (χ2n) is 5.41. The van der Waals surface area contributed by atoms with Crippen LogP contribution in [0.2, 0.25) is 0 Å². The van der Waals surface area contributed by atoms with Crippen molar-refractivity contribution in [3.8, 4) is 6.07 Å². The Bertz CT molecular complexity index is 588. The summed E-state index contributed by atoms with van der Waals surface area (Å²) in [5, 5.41) is 16.3. The van der Waals surface area contributed by atoms with Crippen LogP contribution in [0.25, 0.3) is 0 Å². The first-order valence-corrected chi connectivity index (χ1v) is 6.27. The van der Waals surface area contributed by atoms with E-state index in [9.17, 15) is 14.0 Å². The Balaban J connectivity index is 2.56. The van der Waals surface area contributed by atoms with Gasteiger partial charge in [0, 0.05) is 5.54 Å². The van der Waals surface area contributed by atoms with Gasteiger partial charge >= 0.3 is 6.03 Å². The highest BCUT2D eigenvalue weighted by molar-refractivity contribution is 5.93. The van der Waals surface area contributed by atoms with E-state index in [1.54, 1.807) is 6.07 Å². The molecule has 0 radical (unpaired) electrons. The summed E-state index contributed by atoms with van der Waals surface area (Å²) in [5.74, 6) is -0.903. The summed E-state index contributed by atoms with van der Waals surface area (Å²) in [6, 6.07) is 4.55. The van der Waals surface area contributed by atoms with E-state index < -0.39 is 11.8 Å². The third-order valence-corrected chi connectivity index (χ3v) is 2.27. The standard InChI is InChI=1S/C14H17FN4O2/c1-14(2,3)19-12(20)8-17-13(21)18-11-5-4-10(15)6-9(11)7-16/h4-6H,8H2,1-3H3,(H,19,20)(H2,17,18,21). The van der Waals surface area contributed by atoms with E-state index in [1.807, 2.05) is 20.8 Å². The molecule has 7 heteroatoms. The number of nitrogens with one attached hydrogen (secondary N) is 3. The predicted octanol–water partition coefficient (Wildman–Crippen LogP) is 1.73. The van der Waals surface area contributed by atoms with Crippen LogP contribution >= 0.6 is 0 Å². The Hall–Kier alpha value is -2.62. The molecular formula is C14H17FN4O2. The van der Waals surface area contributed by atoms with Crippen LogP contribution in [0.15, 0.2) is 18.2 Å². The molecule has 0 unspecified atom stereocenters. The largest absolute Gasteiger partial charge is 0.350 e. The van der Waals surface area contributed by atoms with Gasteiger partial charge in [-0.05, 0) is 39.0 Å². The molecule has 1 aromatic carbocycles. The van der Waals surface area contributed by atoms with Crippen LogP contribution in [0.3, 0.4) is 0 Å². The molecular weight excluding hydrogens is 275 g/mol. The molecule has 1 rings (SSSR count). The maximum absolute atomic E-state index is 13.0. The SMILES string of the molecule is CC(C)(C)NC(=O)CNC(=O)Nc1ccc(F)cc1C#N. The van der Waals surface area contributed by atoms with Crippen LogP contribution in [-0.2, 0) is 4.79 Å². The van der Waals surface area contributed by atoms with Gasteiger partial charge in [-0.1, -0.05) is 0 Å². The van der Waals surface area contributed by atoms with Crippen molar-refractivity contribution in [3.05, 3.63) is 29.6 Å². The first-order chi connectivity index (χ1) is 9.71. The fourth-order valence-electron chi connectivity index (χ4n) is 1.51. The molecule has 1 aromatic rings. The van der Waals surface area contributed by atoms with Gasteiger partial charge in [0.05, 0.1) is 17.8 Å². The number of hydrogen-bond acceptors (Lipinski definition) is 3. The molecule has 6 nitrogen and oxygen atoms in total. The summed E-state index contributed by atoms with van der Waals surface area (Å²) in [6.45, 7) is 5.26. The lowest BCUT2D eigenvalue weighted by molar-refractivity contribution is -0.121. The molecule has 0 atom stereocenters. The van der Waals surface area contributed by atoms with E-state index in [0.717, 1.165) is 12.1 Å². The number of carbonyl (C=O) groups is 2. The van der Waals surface area contributed by atoms with Gasteiger partial charge in [0.25, 0.3) is 0 Å². The molecule has 0 spiro atoms. The maximum Gasteiger partial charge on any atom is 0.319 e. The van der Waals surface area contributed by atoms with Crippen molar-refractivity contribution >= 4 is 17.6 Å². The number of rotatable bonds is 3. The number of nitriles is 1. The second kappa shape index (κ2) is 6.70. The van der Waals surface area contributed by atoms with Gasteiger partial charge in [0.1, 0.15) is 11.9 Å². The highest BCUT2D eigenvalue weighted by atomic mass is 19.1. The third kappa shape index (κ3) is 5.91. The maximum atomic E-state index is 13.0. The van der Waals surface area contributed by atoms with Crippen molar-refractivity contribution in [1.82, 2.24) is 10.6 Å². The quantitative estimate of drug-likeness (QED) is 0.792. The van der Waals surface area contributed by atoms with E-state index in [0.29, 0.717) is 0 Å². The number of halogens is 1. The zero-order valence-corrected chi connectivity index (χ0v) is 12.1.